The van der Waals surface area contributed by atoms with E-state index >= 15 is 0 Å². The number of anilines is 1. The molecule has 1 aliphatic carbocycles. The zero-order valence-corrected chi connectivity index (χ0v) is 11.3. The Hall–Kier alpha value is -0.910. The fourth-order valence-corrected chi connectivity index (χ4v) is 2.40. The van der Waals surface area contributed by atoms with E-state index in [1.165, 1.54) is 6.07 Å². The fraction of sp³-hybridized carbons (Fsp3) is 0.500. The second kappa shape index (κ2) is 4.99. The summed E-state index contributed by atoms with van der Waals surface area (Å²) in [6.45, 7) is 2.12. The van der Waals surface area contributed by atoms with Crippen LogP contribution in [0.3, 0.4) is 0 Å². The Labute approximate surface area is 112 Å². The molecule has 0 unspecified atom stereocenters. The second-order valence-corrected chi connectivity index (χ2v) is 5.52. The van der Waals surface area contributed by atoms with E-state index in [0.717, 1.165) is 12.8 Å². The van der Waals surface area contributed by atoms with Crippen LogP contribution in [0.25, 0.3) is 0 Å². The molecule has 1 N–H and O–H groups in total. The molecule has 0 atom stereocenters. The Kier molecular flexibility index (Phi) is 3.75. The van der Waals surface area contributed by atoms with Gasteiger partial charge in [0.2, 0.25) is 0 Å². The third-order valence-electron chi connectivity index (χ3n) is 2.90. The van der Waals surface area contributed by atoms with Crippen LogP contribution in [0.2, 0.25) is 0 Å². The lowest BCUT2D eigenvalue weighted by Gasteiger charge is -2.34. The van der Waals surface area contributed by atoms with Gasteiger partial charge in [-0.1, -0.05) is 22.9 Å². The molecule has 0 radical (unpaired) electrons. The van der Waals surface area contributed by atoms with Gasteiger partial charge in [0.25, 0.3) is 0 Å². The van der Waals surface area contributed by atoms with Gasteiger partial charge in [0.1, 0.15) is 0 Å². The standard InChI is InChI=1S/C12H13BrF3NO/c1-7-4-9(5-7)17-10-3-2-8(13)6-11(10)18-12(14,15)16/h2-3,6-7,9,17H,4-5H2,1H3. The van der Waals surface area contributed by atoms with Crippen molar-refractivity contribution in [3.63, 3.8) is 0 Å². The van der Waals surface area contributed by atoms with Crippen molar-refractivity contribution >= 4 is 21.6 Å². The minimum absolute atomic E-state index is 0.198. The quantitative estimate of drug-likeness (QED) is 0.880. The number of halogens is 4. The third-order valence-corrected chi connectivity index (χ3v) is 3.40. The molecule has 0 aliphatic heterocycles. The number of rotatable bonds is 3. The Morgan fingerprint density at radius 3 is 2.56 bits per heavy atom. The number of alkyl halides is 3. The molecule has 0 bridgehead atoms. The van der Waals surface area contributed by atoms with E-state index in [4.69, 9.17) is 0 Å². The van der Waals surface area contributed by atoms with E-state index in [1.807, 2.05) is 0 Å². The number of hydrogen-bond acceptors (Lipinski definition) is 2. The van der Waals surface area contributed by atoms with Crippen molar-refractivity contribution in [2.24, 2.45) is 5.92 Å². The summed E-state index contributed by atoms with van der Waals surface area (Å²) in [5.41, 5.74) is 0.382. The van der Waals surface area contributed by atoms with Crippen LogP contribution < -0.4 is 10.1 Å². The van der Waals surface area contributed by atoms with E-state index < -0.39 is 6.36 Å². The minimum Gasteiger partial charge on any atom is -0.404 e. The molecule has 0 saturated heterocycles. The molecule has 0 spiro atoms. The Morgan fingerprint density at radius 2 is 2.00 bits per heavy atom. The smallest absolute Gasteiger partial charge is 0.404 e. The van der Waals surface area contributed by atoms with Gasteiger partial charge in [0.05, 0.1) is 5.69 Å². The Bertz CT molecular complexity index is 430. The van der Waals surface area contributed by atoms with Gasteiger partial charge in [0.15, 0.2) is 5.75 Å². The van der Waals surface area contributed by atoms with E-state index in [2.05, 4.69) is 32.9 Å². The molecule has 2 rings (SSSR count). The van der Waals surface area contributed by atoms with Gasteiger partial charge in [-0.25, -0.2) is 0 Å². The van der Waals surface area contributed by atoms with Gasteiger partial charge in [-0.3, -0.25) is 0 Å². The van der Waals surface area contributed by atoms with Crippen molar-refractivity contribution in [3.8, 4) is 5.75 Å². The van der Waals surface area contributed by atoms with E-state index in [-0.39, 0.29) is 11.8 Å². The summed E-state index contributed by atoms with van der Waals surface area (Å²) in [5, 5.41) is 3.08. The molecule has 0 amide bonds. The number of ether oxygens (including phenoxy) is 1. The Balaban J connectivity index is 2.12. The first-order chi connectivity index (χ1) is 8.33. The highest BCUT2D eigenvalue weighted by Crippen LogP contribution is 2.36. The summed E-state index contributed by atoms with van der Waals surface area (Å²) < 4.78 is 41.4. The lowest BCUT2D eigenvalue weighted by atomic mass is 9.82. The van der Waals surface area contributed by atoms with Crippen LogP contribution in [0.4, 0.5) is 18.9 Å². The number of benzene rings is 1. The molecule has 0 heterocycles. The van der Waals surface area contributed by atoms with Gasteiger partial charge >= 0.3 is 6.36 Å². The van der Waals surface area contributed by atoms with Crippen molar-refractivity contribution in [2.45, 2.75) is 32.2 Å². The van der Waals surface area contributed by atoms with Gasteiger partial charge in [-0.15, -0.1) is 13.2 Å². The molecule has 1 aromatic rings. The SMILES string of the molecule is CC1CC(Nc2ccc(Br)cc2OC(F)(F)F)C1. The zero-order chi connectivity index (χ0) is 13.3. The largest absolute Gasteiger partial charge is 0.573 e. The van der Waals surface area contributed by atoms with Gasteiger partial charge in [-0.05, 0) is 37.0 Å². The summed E-state index contributed by atoms with van der Waals surface area (Å²) in [5.74, 6) is 0.432. The van der Waals surface area contributed by atoms with E-state index in [0.29, 0.717) is 16.1 Å². The van der Waals surface area contributed by atoms with Crippen LogP contribution in [0.1, 0.15) is 19.8 Å². The fourth-order valence-electron chi connectivity index (χ4n) is 2.06. The van der Waals surface area contributed by atoms with Crippen LogP contribution in [0.15, 0.2) is 22.7 Å². The van der Waals surface area contributed by atoms with Gasteiger partial charge < -0.3 is 10.1 Å². The molecule has 100 valence electrons. The molecule has 1 aliphatic rings. The molecule has 1 fully saturated rings. The highest BCUT2D eigenvalue weighted by Gasteiger charge is 2.33. The summed E-state index contributed by atoms with van der Waals surface area (Å²) in [4.78, 5) is 0. The summed E-state index contributed by atoms with van der Waals surface area (Å²) in [6, 6.07) is 4.83. The van der Waals surface area contributed by atoms with Crippen LogP contribution in [0, 0.1) is 5.92 Å². The number of hydrogen-bond donors (Lipinski definition) is 1. The first-order valence-electron chi connectivity index (χ1n) is 5.65. The average Bonchev–Trinajstić information content (AvgIpc) is 2.17. The average molecular weight is 324 g/mol. The van der Waals surface area contributed by atoms with Crippen molar-refractivity contribution in [1.29, 1.82) is 0 Å². The van der Waals surface area contributed by atoms with E-state index in [9.17, 15) is 13.2 Å². The number of nitrogens with one attached hydrogen (secondary N) is 1. The maximum absolute atomic E-state index is 12.3. The van der Waals surface area contributed by atoms with Crippen LogP contribution >= 0.6 is 15.9 Å². The van der Waals surface area contributed by atoms with Crippen molar-refractivity contribution in [2.75, 3.05) is 5.32 Å². The zero-order valence-electron chi connectivity index (χ0n) is 9.72. The summed E-state index contributed by atoms with van der Waals surface area (Å²) in [6.07, 6.45) is -2.73. The Morgan fingerprint density at radius 1 is 1.33 bits per heavy atom. The first-order valence-corrected chi connectivity index (χ1v) is 6.44. The third kappa shape index (κ3) is 3.54. The monoisotopic (exact) mass is 323 g/mol. The van der Waals surface area contributed by atoms with Crippen LogP contribution in [-0.2, 0) is 0 Å². The van der Waals surface area contributed by atoms with Crippen molar-refractivity contribution in [1.82, 2.24) is 0 Å². The normalized spacial score (nSPS) is 23.4. The predicted molar refractivity (Wildman–Crippen MR) is 66.6 cm³/mol. The second-order valence-electron chi connectivity index (χ2n) is 4.61. The predicted octanol–water partition coefficient (Wildman–Crippen LogP) is 4.56. The molecule has 2 nitrogen and oxygen atoms in total. The molecular formula is C12H13BrF3NO. The van der Waals surface area contributed by atoms with Crippen molar-refractivity contribution in [3.05, 3.63) is 22.7 Å². The lowest BCUT2D eigenvalue weighted by Crippen LogP contribution is -2.34. The van der Waals surface area contributed by atoms with Crippen LogP contribution in [0.5, 0.6) is 5.75 Å². The molecular weight excluding hydrogens is 311 g/mol. The highest BCUT2D eigenvalue weighted by atomic mass is 79.9. The maximum Gasteiger partial charge on any atom is 0.573 e. The van der Waals surface area contributed by atoms with Crippen molar-refractivity contribution < 1.29 is 17.9 Å². The molecule has 0 aromatic heterocycles. The first kappa shape index (κ1) is 13.5. The molecule has 1 aromatic carbocycles. The van der Waals surface area contributed by atoms with Crippen LogP contribution in [-0.4, -0.2) is 12.4 Å². The van der Waals surface area contributed by atoms with E-state index in [1.54, 1.807) is 12.1 Å². The summed E-state index contributed by atoms with van der Waals surface area (Å²) in [7, 11) is 0. The van der Waals surface area contributed by atoms with Gasteiger partial charge in [-0.2, -0.15) is 0 Å². The maximum atomic E-state index is 12.3. The highest BCUT2D eigenvalue weighted by molar-refractivity contribution is 9.10. The van der Waals surface area contributed by atoms with Gasteiger partial charge in [0, 0.05) is 10.5 Å². The minimum atomic E-state index is -4.68. The molecule has 18 heavy (non-hydrogen) atoms. The topological polar surface area (TPSA) is 21.3 Å². The molecule has 1 saturated carbocycles. The lowest BCUT2D eigenvalue weighted by molar-refractivity contribution is -0.274. The summed E-state index contributed by atoms with van der Waals surface area (Å²) >= 11 is 3.14. The molecule has 6 heteroatoms.